The number of benzene rings is 2. The van der Waals surface area contributed by atoms with Crippen LogP contribution in [-0.4, -0.2) is 14.2 Å². The normalized spacial score (nSPS) is 11.2. The number of halogens is 2. The molecule has 0 radical (unpaired) electrons. The molecule has 26 heavy (non-hydrogen) atoms. The van der Waals surface area contributed by atoms with Crippen molar-refractivity contribution in [2.24, 2.45) is 7.05 Å². The van der Waals surface area contributed by atoms with Crippen LogP contribution in [0.4, 0.5) is 0 Å². The quantitative estimate of drug-likeness (QED) is 0.489. The van der Waals surface area contributed by atoms with Crippen molar-refractivity contribution in [2.45, 2.75) is 6.92 Å². The third-order valence-corrected chi connectivity index (χ3v) is 5.00. The Kier molecular flexibility index (Phi) is 4.10. The molecule has 0 aliphatic carbocycles. The second-order valence-corrected chi connectivity index (χ2v) is 6.96. The molecular formula is C20H15Cl2N3O. The summed E-state index contributed by atoms with van der Waals surface area (Å²) in [5.41, 5.74) is 4.63. The van der Waals surface area contributed by atoms with Gasteiger partial charge in [-0.25, -0.2) is 0 Å². The Hall–Kier alpha value is -2.56. The lowest BCUT2D eigenvalue weighted by Gasteiger charge is -2.13. The topological polar surface area (TPSA) is 39.3 Å². The first-order valence-electron chi connectivity index (χ1n) is 8.07. The van der Waals surface area contributed by atoms with Crippen LogP contribution in [0.3, 0.4) is 0 Å². The summed E-state index contributed by atoms with van der Waals surface area (Å²) in [5, 5.41) is 5.52. The summed E-state index contributed by atoms with van der Waals surface area (Å²) in [6, 6.07) is 16.7. The molecule has 0 N–H and O–H groups in total. The molecule has 0 atom stereocenters. The van der Waals surface area contributed by atoms with E-state index in [2.05, 4.69) is 5.10 Å². The predicted octanol–water partition coefficient (Wildman–Crippen LogP) is 4.98. The van der Waals surface area contributed by atoms with Crippen molar-refractivity contribution in [2.75, 3.05) is 0 Å². The summed E-state index contributed by atoms with van der Waals surface area (Å²) in [7, 11) is 1.92. The largest absolute Gasteiger partial charge is 0.328 e. The highest BCUT2D eigenvalue weighted by atomic mass is 35.5. The SMILES string of the molecule is Cc1nn2c(=O)cc(-c3ccccc3)n(C)c2c1-c1ccc(Cl)cc1Cl. The van der Waals surface area contributed by atoms with Gasteiger partial charge in [-0.15, -0.1) is 0 Å². The Morgan fingerprint density at radius 1 is 1.00 bits per heavy atom. The number of hydrogen-bond acceptors (Lipinski definition) is 2. The fourth-order valence-corrected chi connectivity index (χ4v) is 3.76. The summed E-state index contributed by atoms with van der Waals surface area (Å²) in [5.74, 6) is 0. The highest BCUT2D eigenvalue weighted by Crippen LogP contribution is 2.35. The van der Waals surface area contributed by atoms with Gasteiger partial charge in [-0.2, -0.15) is 9.61 Å². The van der Waals surface area contributed by atoms with E-state index in [1.54, 1.807) is 18.2 Å². The van der Waals surface area contributed by atoms with Crippen LogP contribution >= 0.6 is 23.2 Å². The van der Waals surface area contributed by atoms with Crippen molar-refractivity contribution in [1.29, 1.82) is 0 Å². The monoisotopic (exact) mass is 383 g/mol. The lowest BCUT2D eigenvalue weighted by atomic mass is 10.1. The molecule has 2 aromatic carbocycles. The fourth-order valence-electron chi connectivity index (χ4n) is 3.26. The Balaban J connectivity index is 2.11. The molecule has 130 valence electrons. The summed E-state index contributed by atoms with van der Waals surface area (Å²) < 4.78 is 3.39. The third-order valence-electron chi connectivity index (χ3n) is 4.45. The van der Waals surface area contributed by atoms with E-state index >= 15 is 0 Å². The Labute approximate surface area is 160 Å². The lowest BCUT2D eigenvalue weighted by molar-refractivity contribution is 0.823. The molecule has 4 aromatic rings. The van der Waals surface area contributed by atoms with Crippen molar-refractivity contribution in [1.82, 2.24) is 14.2 Å². The van der Waals surface area contributed by atoms with Crippen LogP contribution < -0.4 is 5.56 Å². The zero-order valence-electron chi connectivity index (χ0n) is 14.2. The van der Waals surface area contributed by atoms with Crippen LogP contribution in [-0.2, 0) is 7.05 Å². The Bertz CT molecular complexity index is 1190. The maximum absolute atomic E-state index is 12.7. The number of fused-ring (bicyclic) bond motifs is 1. The van der Waals surface area contributed by atoms with Gasteiger partial charge in [-0.1, -0.05) is 59.6 Å². The summed E-state index contributed by atoms with van der Waals surface area (Å²) >= 11 is 12.5. The second kappa shape index (κ2) is 6.31. The van der Waals surface area contributed by atoms with Crippen molar-refractivity contribution < 1.29 is 0 Å². The molecule has 4 nitrogen and oxygen atoms in total. The van der Waals surface area contributed by atoms with Gasteiger partial charge in [-0.3, -0.25) is 4.79 Å². The molecule has 0 fully saturated rings. The van der Waals surface area contributed by atoms with Crippen molar-refractivity contribution in [3.05, 3.63) is 80.7 Å². The molecule has 6 heteroatoms. The molecule has 0 unspecified atom stereocenters. The van der Waals surface area contributed by atoms with Crippen molar-refractivity contribution in [3.8, 4) is 22.4 Å². The van der Waals surface area contributed by atoms with E-state index in [9.17, 15) is 4.79 Å². The van der Waals surface area contributed by atoms with Gasteiger partial charge in [0.05, 0.1) is 16.4 Å². The molecule has 2 aromatic heterocycles. The van der Waals surface area contributed by atoms with E-state index in [-0.39, 0.29) is 5.56 Å². The van der Waals surface area contributed by atoms with Crippen LogP contribution in [0, 0.1) is 6.92 Å². The third kappa shape index (κ3) is 2.62. The Morgan fingerprint density at radius 3 is 2.42 bits per heavy atom. The minimum Gasteiger partial charge on any atom is -0.328 e. The fraction of sp³-hybridized carbons (Fsp3) is 0.100. The van der Waals surface area contributed by atoms with E-state index in [1.807, 2.05) is 54.9 Å². The average molecular weight is 384 g/mol. The van der Waals surface area contributed by atoms with E-state index < -0.39 is 0 Å². The zero-order chi connectivity index (χ0) is 18.4. The maximum Gasteiger partial charge on any atom is 0.274 e. The van der Waals surface area contributed by atoms with Crippen molar-refractivity contribution >= 4 is 28.8 Å². The average Bonchev–Trinajstić information content (AvgIpc) is 2.97. The number of aromatic nitrogens is 3. The van der Waals surface area contributed by atoms with Crippen LogP contribution in [0.25, 0.3) is 28.0 Å². The van der Waals surface area contributed by atoms with Gasteiger partial charge < -0.3 is 4.57 Å². The van der Waals surface area contributed by atoms with E-state index in [4.69, 9.17) is 23.2 Å². The van der Waals surface area contributed by atoms with E-state index in [1.165, 1.54) is 4.52 Å². The van der Waals surface area contributed by atoms with E-state index in [0.29, 0.717) is 15.7 Å². The highest BCUT2D eigenvalue weighted by Gasteiger charge is 2.19. The van der Waals surface area contributed by atoms with Gasteiger partial charge >= 0.3 is 0 Å². The van der Waals surface area contributed by atoms with Crippen LogP contribution in [0.2, 0.25) is 10.0 Å². The van der Waals surface area contributed by atoms with E-state index in [0.717, 1.165) is 28.1 Å². The molecule has 4 rings (SSSR count). The van der Waals surface area contributed by atoms with Crippen LogP contribution in [0.15, 0.2) is 59.4 Å². The zero-order valence-corrected chi connectivity index (χ0v) is 15.7. The molecule has 0 aliphatic heterocycles. The molecule has 0 saturated carbocycles. The Morgan fingerprint density at radius 2 is 1.73 bits per heavy atom. The second-order valence-electron chi connectivity index (χ2n) is 6.11. The minimum atomic E-state index is -0.184. The number of aryl methyl sites for hydroxylation is 2. The van der Waals surface area contributed by atoms with Gasteiger partial charge in [0.2, 0.25) is 0 Å². The molecule has 0 saturated heterocycles. The molecule has 0 aliphatic rings. The first-order valence-corrected chi connectivity index (χ1v) is 8.83. The van der Waals surface area contributed by atoms with Gasteiger partial charge in [0.25, 0.3) is 5.56 Å². The first-order chi connectivity index (χ1) is 12.5. The summed E-state index contributed by atoms with van der Waals surface area (Å²) in [4.78, 5) is 12.7. The van der Waals surface area contributed by atoms with Gasteiger partial charge in [-0.05, 0) is 24.6 Å². The number of rotatable bonds is 2. The van der Waals surface area contributed by atoms with Gasteiger partial charge in [0.1, 0.15) is 5.65 Å². The molecule has 0 spiro atoms. The summed E-state index contributed by atoms with van der Waals surface area (Å²) in [6.07, 6.45) is 0. The van der Waals surface area contributed by atoms with Crippen molar-refractivity contribution in [3.63, 3.8) is 0 Å². The highest BCUT2D eigenvalue weighted by molar-refractivity contribution is 6.36. The molecule has 0 amide bonds. The summed E-state index contributed by atoms with van der Waals surface area (Å²) in [6.45, 7) is 1.87. The minimum absolute atomic E-state index is 0.184. The molecule has 0 bridgehead atoms. The molecular weight excluding hydrogens is 369 g/mol. The molecule has 2 heterocycles. The number of nitrogens with zero attached hydrogens (tertiary/aromatic N) is 3. The standard InChI is InChI=1S/C20H15Cl2N3O/c1-12-19(15-9-8-14(21)10-16(15)22)20-24(2)17(11-18(26)25(20)23-12)13-6-4-3-5-7-13/h3-11H,1-2H3. The number of hydrogen-bond donors (Lipinski definition) is 0. The van der Waals surface area contributed by atoms with Crippen LogP contribution in [0.5, 0.6) is 0 Å². The van der Waals surface area contributed by atoms with Gasteiger partial charge in [0.15, 0.2) is 0 Å². The smallest absolute Gasteiger partial charge is 0.274 e. The lowest BCUT2D eigenvalue weighted by Crippen LogP contribution is -2.18. The van der Waals surface area contributed by atoms with Crippen LogP contribution in [0.1, 0.15) is 5.69 Å². The van der Waals surface area contributed by atoms with Gasteiger partial charge in [0, 0.05) is 29.3 Å². The first kappa shape index (κ1) is 16.9. The predicted molar refractivity (Wildman–Crippen MR) is 106 cm³/mol. The maximum atomic E-state index is 12.7.